The molecule has 0 aromatic heterocycles. The maximum atomic E-state index is 11.4. The van der Waals surface area contributed by atoms with Crippen molar-refractivity contribution in [3.8, 4) is 0 Å². The van der Waals surface area contributed by atoms with Gasteiger partial charge in [-0.2, -0.15) is 0 Å². The lowest BCUT2D eigenvalue weighted by Crippen LogP contribution is -2.39. The van der Waals surface area contributed by atoms with Gasteiger partial charge in [0.2, 0.25) is 5.91 Å². The Morgan fingerprint density at radius 2 is 2.00 bits per heavy atom. The highest BCUT2D eigenvalue weighted by Crippen LogP contribution is 2.20. The largest absolute Gasteiger partial charge is 0.480 e. The third-order valence-electron chi connectivity index (χ3n) is 2.17. The monoisotopic (exact) mass is 284 g/mol. The molecule has 1 aromatic carbocycles. The summed E-state index contributed by atoms with van der Waals surface area (Å²) in [4.78, 5) is 32.6. The van der Waals surface area contributed by atoms with Crippen molar-refractivity contribution in [3.05, 3.63) is 34.4 Å². The van der Waals surface area contributed by atoms with Crippen LogP contribution in [0.15, 0.2) is 29.2 Å². The van der Waals surface area contributed by atoms with E-state index in [9.17, 15) is 19.7 Å². The standard InChI is InChI=1S/C11H12N2O5S/c1-7(11(15)16)12-10(14)6-19-9-4-2-8(3-5-9)13(17)18/h2-5,7H,6H2,1H3,(H,12,14)(H,15,16)/t7-/m1/s1. The molecular formula is C11H12N2O5S. The van der Waals surface area contributed by atoms with E-state index in [1.54, 1.807) is 0 Å². The van der Waals surface area contributed by atoms with Gasteiger partial charge in [-0.05, 0) is 19.1 Å². The van der Waals surface area contributed by atoms with E-state index >= 15 is 0 Å². The molecule has 1 amide bonds. The smallest absolute Gasteiger partial charge is 0.325 e. The summed E-state index contributed by atoms with van der Waals surface area (Å²) in [5.41, 5.74) is -0.0201. The number of rotatable bonds is 6. The molecule has 0 radical (unpaired) electrons. The Morgan fingerprint density at radius 1 is 1.42 bits per heavy atom. The molecule has 7 nitrogen and oxygen atoms in total. The first-order valence-electron chi connectivity index (χ1n) is 5.29. The lowest BCUT2D eigenvalue weighted by atomic mass is 10.3. The summed E-state index contributed by atoms with van der Waals surface area (Å²) in [6.45, 7) is 1.37. The average Bonchev–Trinajstić information content (AvgIpc) is 2.36. The molecule has 0 aliphatic carbocycles. The fourth-order valence-corrected chi connectivity index (χ4v) is 1.87. The molecule has 19 heavy (non-hydrogen) atoms. The summed E-state index contributed by atoms with van der Waals surface area (Å²) in [5.74, 6) is -1.46. The summed E-state index contributed by atoms with van der Waals surface area (Å²) in [6, 6.07) is 4.83. The second-order valence-corrected chi connectivity index (χ2v) is 4.72. The van der Waals surface area contributed by atoms with Crippen LogP contribution in [-0.4, -0.2) is 33.7 Å². The van der Waals surface area contributed by atoms with Crippen LogP contribution in [0.4, 0.5) is 5.69 Å². The van der Waals surface area contributed by atoms with Crippen LogP contribution in [0.3, 0.4) is 0 Å². The second kappa shape index (κ2) is 6.74. The molecule has 1 rings (SSSR count). The van der Waals surface area contributed by atoms with E-state index in [0.29, 0.717) is 4.90 Å². The summed E-state index contributed by atoms with van der Waals surface area (Å²) in [7, 11) is 0. The Hall–Kier alpha value is -2.09. The van der Waals surface area contributed by atoms with Crippen LogP contribution >= 0.6 is 11.8 Å². The number of non-ortho nitro benzene ring substituents is 1. The number of carboxylic acid groups (broad SMARTS) is 1. The van der Waals surface area contributed by atoms with Crippen LogP contribution in [-0.2, 0) is 9.59 Å². The molecule has 8 heteroatoms. The molecule has 0 heterocycles. The van der Waals surface area contributed by atoms with E-state index in [1.165, 1.54) is 43.0 Å². The van der Waals surface area contributed by atoms with Crippen LogP contribution in [0.25, 0.3) is 0 Å². The Kier molecular flexibility index (Phi) is 5.31. The van der Waals surface area contributed by atoms with Gasteiger partial charge in [0.05, 0.1) is 10.7 Å². The van der Waals surface area contributed by atoms with Crippen molar-refractivity contribution in [3.63, 3.8) is 0 Å². The van der Waals surface area contributed by atoms with Crippen LogP contribution in [0.1, 0.15) is 6.92 Å². The molecule has 0 aliphatic rings. The van der Waals surface area contributed by atoms with E-state index in [4.69, 9.17) is 5.11 Å². The molecular weight excluding hydrogens is 272 g/mol. The average molecular weight is 284 g/mol. The minimum absolute atomic E-state index is 0.0201. The molecule has 0 saturated heterocycles. The normalized spacial score (nSPS) is 11.6. The first-order chi connectivity index (χ1) is 8.90. The molecule has 1 atom stereocenters. The molecule has 2 N–H and O–H groups in total. The third-order valence-corrected chi connectivity index (χ3v) is 3.18. The van der Waals surface area contributed by atoms with Crippen LogP contribution in [0.2, 0.25) is 0 Å². The maximum Gasteiger partial charge on any atom is 0.325 e. The molecule has 0 unspecified atom stereocenters. The molecule has 0 fully saturated rings. The van der Waals surface area contributed by atoms with Gasteiger partial charge in [0, 0.05) is 17.0 Å². The topological polar surface area (TPSA) is 110 Å². The highest BCUT2D eigenvalue weighted by Gasteiger charge is 2.14. The second-order valence-electron chi connectivity index (χ2n) is 3.67. The van der Waals surface area contributed by atoms with Crippen molar-refractivity contribution < 1.29 is 19.6 Å². The van der Waals surface area contributed by atoms with Gasteiger partial charge in [-0.1, -0.05) is 0 Å². The summed E-state index contributed by atoms with van der Waals surface area (Å²) in [5, 5.41) is 21.4. The van der Waals surface area contributed by atoms with Crippen molar-refractivity contribution in [2.75, 3.05) is 5.75 Å². The molecule has 0 bridgehead atoms. The van der Waals surface area contributed by atoms with Crippen LogP contribution in [0.5, 0.6) is 0 Å². The zero-order valence-corrected chi connectivity index (χ0v) is 10.8. The first kappa shape index (κ1) is 15.0. The quantitative estimate of drug-likeness (QED) is 0.462. The molecule has 0 spiro atoms. The number of thioether (sulfide) groups is 1. The highest BCUT2D eigenvalue weighted by molar-refractivity contribution is 8.00. The number of benzene rings is 1. The highest BCUT2D eigenvalue weighted by atomic mass is 32.2. The molecule has 0 saturated carbocycles. The Balaban J connectivity index is 2.46. The predicted octanol–water partition coefficient (Wildman–Crippen LogP) is 1.28. The van der Waals surface area contributed by atoms with Gasteiger partial charge >= 0.3 is 5.97 Å². The third kappa shape index (κ3) is 4.96. The number of hydrogen-bond acceptors (Lipinski definition) is 5. The Morgan fingerprint density at radius 3 is 2.47 bits per heavy atom. The van der Waals surface area contributed by atoms with Gasteiger partial charge in [-0.15, -0.1) is 11.8 Å². The van der Waals surface area contributed by atoms with E-state index in [-0.39, 0.29) is 11.4 Å². The number of amides is 1. The SMILES string of the molecule is C[C@@H](NC(=O)CSc1ccc([N+](=O)[O-])cc1)C(=O)O. The van der Waals surface area contributed by atoms with Gasteiger partial charge < -0.3 is 10.4 Å². The van der Waals surface area contributed by atoms with Gasteiger partial charge in [0.1, 0.15) is 6.04 Å². The summed E-state index contributed by atoms with van der Waals surface area (Å²) < 4.78 is 0. The van der Waals surface area contributed by atoms with Gasteiger partial charge in [0.25, 0.3) is 5.69 Å². The zero-order chi connectivity index (χ0) is 14.4. The number of carbonyl (C=O) groups is 2. The van der Waals surface area contributed by atoms with Crippen molar-refractivity contribution in [2.45, 2.75) is 17.9 Å². The number of nitro groups is 1. The van der Waals surface area contributed by atoms with E-state index in [0.717, 1.165) is 0 Å². The zero-order valence-electron chi connectivity index (χ0n) is 10.0. The Labute approximate surface area is 113 Å². The van der Waals surface area contributed by atoms with E-state index in [2.05, 4.69) is 5.32 Å². The number of nitro benzene ring substituents is 1. The molecule has 1 aromatic rings. The van der Waals surface area contributed by atoms with Crippen LogP contribution in [0, 0.1) is 10.1 Å². The van der Waals surface area contributed by atoms with Gasteiger partial charge in [-0.3, -0.25) is 19.7 Å². The number of aliphatic carboxylic acids is 1. The fraction of sp³-hybridized carbons (Fsp3) is 0.273. The van der Waals surface area contributed by atoms with Crippen LogP contribution < -0.4 is 5.32 Å². The first-order valence-corrected chi connectivity index (χ1v) is 6.28. The number of carbonyl (C=O) groups excluding carboxylic acids is 1. The Bertz CT molecular complexity index is 488. The van der Waals surface area contributed by atoms with Crippen molar-refractivity contribution in [2.24, 2.45) is 0 Å². The lowest BCUT2D eigenvalue weighted by molar-refractivity contribution is -0.384. The minimum Gasteiger partial charge on any atom is -0.480 e. The summed E-state index contributed by atoms with van der Waals surface area (Å²) in [6.07, 6.45) is 0. The number of nitrogens with zero attached hydrogens (tertiary/aromatic N) is 1. The molecule has 102 valence electrons. The predicted molar refractivity (Wildman–Crippen MR) is 69.1 cm³/mol. The molecule has 0 aliphatic heterocycles. The lowest BCUT2D eigenvalue weighted by Gasteiger charge is -2.08. The van der Waals surface area contributed by atoms with Crippen molar-refractivity contribution in [1.82, 2.24) is 5.32 Å². The van der Waals surface area contributed by atoms with Crippen molar-refractivity contribution in [1.29, 1.82) is 0 Å². The summed E-state index contributed by atoms with van der Waals surface area (Å²) >= 11 is 1.18. The van der Waals surface area contributed by atoms with Crippen molar-refractivity contribution >= 4 is 29.3 Å². The maximum absolute atomic E-state index is 11.4. The fourth-order valence-electron chi connectivity index (χ4n) is 1.16. The van der Waals surface area contributed by atoms with Gasteiger partial charge in [0.15, 0.2) is 0 Å². The minimum atomic E-state index is -1.10. The number of hydrogen-bond donors (Lipinski definition) is 2. The number of carboxylic acids is 1. The van der Waals surface area contributed by atoms with E-state index < -0.39 is 22.8 Å². The van der Waals surface area contributed by atoms with E-state index in [1.807, 2.05) is 0 Å². The number of nitrogens with one attached hydrogen (secondary N) is 1. The van der Waals surface area contributed by atoms with Gasteiger partial charge in [-0.25, -0.2) is 0 Å².